The van der Waals surface area contributed by atoms with E-state index in [1.165, 1.54) is 19.1 Å². The highest BCUT2D eigenvalue weighted by molar-refractivity contribution is 5.67. The number of alkyl halides is 3. The summed E-state index contributed by atoms with van der Waals surface area (Å²) in [5, 5.41) is 8.62. The number of nitrogens with zero attached hydrogens (tertiary/aromatic N) is 4. The van der Waals surface area contributed by atoms with E-state index in [0.29, 0.717) is 17.8 Å². The lowest BCUT2D eigenvalue weighted by Crippen LogP contribution is -2.36. The first-order valence-electron chi connectivity index (χ1n) is 12.2. The lowest BCUT2D eigenvalue weighted by atomic mass is 9.83. The molecule has 0 amide bonds. The van der Waals surface area contributed by atoms with Crippen molar-refractivity contribution >= 4 is 5.97 Å². The fraction of sp³-hybridized carbons (Fsp3) is 0.357. The number of aromatic nitrogens is 4. The molecule has 0 atom stereocenters. The number of hydrogen-bond donors (Lipinski definition) is 0. The second kappa shape index (κ2) is 9.11. The summed E-state index contributed by atoms with van der Waals surface area (Å²) in [5.74, 6) is 0.180. The average molecular weight is 525 g/mol. The van der Waals surface area contributed by atoms with Gasteiger partial charge in [-0.05, 0) is 62.4 Å². The van der Waals surface area contributed by atoms with Gasteiger partial charge in [0.05, 0.1) is 12.0 Å². The normalized spacial score (nSPS) is 14.9. The zero-order valence-electron chi connectivity index (χ0n) is 21.5. The third-order valence-corrected chi connectivity index (χ3v) is 7.03. The van der Waals surface area contributed by atoms with Crippen LogP contribution in [0, 0.1) is 6.92 Å². The number of hydrogen-bond acceptors (Lipinski definition) is 6. The van der Waals surface area contributed by atoms with E-state index in [9.17, 15) is 18.0 Å². The molecule has 2 aromatic carbocycles. The molecule has 0 saturated heterocycles. The molecule has 198 valence electrons. The van der Waals surface area contributed by atoms with Crippen molar-refractivity contribution in [3.8, 4) is 23.0 Å². The van der Waals surface area contributed by atoms with Gasteiger partial charge in [0.15, 0.2) is 5.69 Å². The number of rotatable bonds is 7. The Bertz CT molecular complexity index is 1480. The Labute approximate surface area is 217 Å². The van der Waals surface area contributed by atoms with E-state index in [4.69, 9.17) is 9.26 Å². The van der Waals surface area contributed by atoms with Crippen molar-refractivity contribution in [3.63, 3.8) is 0 Å². The number of carbonyl (C=O) groups excluding carboxylic acids is 1. The monoisotopic (exact) mass is 524 g/mol. The van der Waals surface area contributed by atoms with Gasteiger partial charge in [-0.3, -0.25) is 9.48 Å². The molecule has 10 heteroatoms. The highest BCUT2D eigenvalue weighted by Gasteiger charge is 2.49. The summed E-state index contributed by atoms with van der Waals surface area (Å²) in [6.45, 7) is 6.12. The molecule has 2 heterocycles. The van der Waals surface area contributed by atoms with E-state index >= 15 is 0 Å². The predicted octanol–water partition coefficient (Wildman–Crippen LogP) is 6.35. The van der Waals surface area contributed by atoms with Crippen molar-refractivity contribution in [2.75, 3.05) is 0 Å². The van der Waals surface area contributed by atoms with Crippen LogP contribution in [0.3, 0.4) is 0 Å². The topological polar surface area (TPSA) is 83.0 Å². The second-order valence-corrected chi connectivity index (χ2v) is 10.2. The molecule has 1 aliphatic rings. The number of ether oxygens (including phenoxy) is 1. The Morgan fingerprint density at radius 2 is 1.82 bits per heavy atom. The summed E-state index contributed by atoms with van der Waals surface area (Å²) in [5.41, 5.74) is 1.54. The van der Waals surface area contributed by atoms with Gasteiger partial charge in [0.25, 0.3) is 5.89 Å². The molecule has 7 nitrogen and oxygen atoms in total. The van der Waals surface area contributed by atoms with E-state index in [0.717, 1.165) is 43.5 Å². The van der Waals surface area contributed by atoms with Crippen molar-refractivity contribution in [2.45, 2.75) is 64.3 Å². The van der Waals surface area contributed by atoms with Crippen LogP contribution in [0.2, 0.25) is 0 Å². The Balaban J connectivity index is 1.33. The molecule has 4 aromatic rings. The van der Waals surface area contributed by atoms with Gasteiger partial charge in [-0.25, -0.2) is 0 Å². The standard InChI is InChI=1S/C28H27F3N4O3/c1-17-14-23(33-35(17)16-19-6-5-7-22(15-19)27(12-13-27)37-18(2)36)25-32-24(34-38-25)20-8-10-21(11-9-20)26(3,4)28(29,30)31/h5-11,14-15H,12-13,16H2,1-4H3. The van der Waals surface area contributed by atoms with E-state index < -0.39 is 17.2 Å². The summed E-state index contributed by atoms with van der Waals surface area (Å²) < 4.78 is 52.9. The van der Waals surface area contributed by atoms with Gasteiger partial charge in [0.1, 0.15) is 5.60 Å². The van der Waals surface area contributed by atoms with Gasteiger partial charge in [-0.15, -0.1) is 0 Å². The third-order valence-electron chi connectivity index (χ3n) is 7.03. The first-order valence-corrected chi connectivity index (χ1v) is 12.2. The molecule has 0 unspecified atom stereocenters. The van der Waals surface area contributed by atoms with Crippen molar-refractivity contribution in [3.05, 3.63) is 77.0 Å². The van der Waals surface area contributed by atoms with Crippen LogP contribution >= 0.6 is 0 Å². The first-order chi connectivity index (χ1) is 17.9. The average Bonchev–Trinajstić information content (AvgIpc) is 3.29. The molecule has 0 N–H and O–H groups in total. The summed E-state index contributed by atoms with van der Waals surface area (Å²) in [4.78, 5) is 15.9. The molecule has 1 aliphatic carbocycles. The van der Waals surface area contributed by atoms with Crippen LogP contribution in [0.4, 0.5) is 13.2 Å². The fourth-order valence-corrected chi connectivity index (χ4v) is 4.38. The summed E-state index contributed by atoms with van der Waals surface area (Å²) in [7, 11) is 0. The van der Waals surface area contributed by atoms with Gasteiger partial charge in [0, 0.05) is 18.2 Å². The number of carbonyl (C=O) groups is 1. The van der Waals surface area contributed by atoms with Crippen molar-refractivity contribution in [2.24, 2.45) is 0 Å². The highest BCUT2D eigenvalue weighted by atomic mass is 19.4. The van der Waals surface area contributed by atoms with Crippen molar-refractivity contribution in [1.82, 2.24) is 19.9 Å². The highest BCUT2D eigenvalue weighted by Crippen LogP contribution is 2.49. The van der Waals surface area contributed by atoms with Crippen LogP contribution < -0.4 is 0 Å². The smallest absolute Gasteiger partial charge is 0.397 e. The van der Waals surface area contributed by atoms with Crippen LogP contribution in [-0.2, 0) is 27.1 Å². The van der Waals surface area contributed by atoms with Gasteiger partial charge < -0.3 is 9.26 Å². The van der Waals surface area contributed by atoms with Gasteiger partial charge >= 0.3 is 12.1 Å². The molecule has 0 radical (unpaired) electrons. The fourth-order valence-electron chi connectivity index (χ4n) is 4.38. The van der Waals surface area contributed by atoms with Gasteiger partial charge in [-0.1, -0.05) is 47.6 Å². The Kier molecular flexibility index (Phi) is 6.16. The minimum absolute atomic E-state index is 0.149. The summed E-state index contributed by atoms with van der Waals surface area (Å²) in [6.07, 6.45) is -2.75. The van der Waals surface area contributed by atoms with E-state index in [-0.39, 0.29) is 23.2 Å². The van der Waals surface area contributed by atoms with Gasteiger partial charge in [-0.2, -0.15) is 23.3 Å². The predicted molar refractivity (Wildman–Crippen MR) is 133 cm³/mol. The minimum Gasteiger partial charge on any atom is -0.454 e. The number of benzene rings is 2. The molecular weight excluding hydrogens is 497 g/mol. The van der Waals surface area contributed by atoms with Crippen molar-refractivity contribution in [1.29, 1.82) is 0 Å². The first kappa shape index (κ1) is 25.7. The van der Waals surface area contributed by atoms with Crippen LogP contribution in [0.25, 0.3) is 23.0 Å². The minimum atomic E-state index is -4.37. The van der Waals surface area contributed by atoms with Crippen LogP contribution in [0.15, 0.2) is 59.1 Å². The molecule has 5 rings (SSSR count). The Morgan fingerprint density at radius 3 is 2.45 bits per heavy atom. The maximum Gasteiger partial charge on any atom is 0.397 e. The zero-order chi connectivity index (χ0) is 27.3. The molecule has 0 aliphatic heterocycles. The van der Waals surface area contributed by atoms with Crippen LogP contribution in [-0.4, -0.2) is 32.1 Å². The Morgan fingerprint density at radius 1 is 1.11 bits per heavy atom. The summed E-state index contributed by atoms with van der Waals surface area (Å²) in [6, 6.07) is 15.7. The lowest BCUT2D eigenvalue weighted by molar-refractivity contribution is -0.180. The molecule has 1 fully saturated rings. The molecule has 2 aromatic heterocycles. The Hall–Kier alpha value is -3.95. The van der Waals surface area contributed by atoms with E-state index in [1.807, 2.05) is 41.9 Å². The number of halogens is 3. The third kappa shape index (κ3) is 4.82. The molecule has 0 spiro atoms. The number of esters is 1. The largest absolute Gasteiger partial charge is 0.454 e. The lowest BCUT2D eigenvalue weighted by Gasteiger charge is -2.28. The molecule has 1 saturated carbocycles. The number of aryl methyl sites for hydroxylation is 1. The molecule has 38 heavy (non-hydrogen) atoms. The molecular formula is C28H27F3N4O3. The van der Waals surface area contributed by atoms with Gasteiger partial charge in [0.2, 0.25) is 5.82 Å². The zero-order valence-corrected chi connectivity index (χ0v) is 21.5. The van der Waals surface area contributed by atoms with E-state index in [1.54, 1.807) is 12.1 Å². The summed E-state index contributed by atoms with van der Waals surface area (Å²) >= 11 is 0. The van der Waals surface area contributed by atoms with Crippen LogP contribution in [0.1, 0.15) is 56.0 Å². The molecule has 0 bridgehead atoms. The SMILES string of the molecule is CC(=O)OC1(c2cccc(Cn3nc(-c4nc(-c5ccc(C(C)(C)C(F)(F)F)cc5)no4)cc3C)c2)CC1. The van der Waals surface area contributed by atoms with E-state index in [2.05, 4.69) is 15.2 Å². The maximum atomic E-state index is 13.4. The maximum absolute atomic E-state index is 13.4. The second-order valence-electron chi connectivity index (χ2n) is 10.2. The van der Waals surface area contributed by atoms with Crippen molar-refractivity contribution < 1.29 is 27.2 Å². The quantitative estimate of drug-likeness (QED) is 0.262. The van der Waals surface area contributed by atoms with Crippen LogP contribution in [0.5, 0.6) is 0 Å².